The summed E-state index contributed by atoms with van der Waals surface area (Å²) in [6.07, 6.45) is 2.26. The predicted molar refractivity (Wildman–Crippen MR) is 88.6 cm³/mol. The van der Waals surface area contributed by atoms with E-state index in [2.05, 4.69) is 32.8 Å². The van der Waals surface area contributed by atoms with Gasteiger partial charge < -0.3 is 10.6 Å². The van der Waals surface area contributed by atoms with Gasteiger partial charge >= 0.3 is 0 Å². The van der Waals surface area contributed by atoms with Crippen LogP contribution >= 0.6 is 0 Å². The molecule has 0 saturated carbocycles. The molecule has 0 bridgehead atoms. The molecule has 0 spiro atoms. The maximum absolute atomic E-state index is 12.7. The van der Waals surface area contributed by atoms with Crippen molar-refractivity contribution in [2.75, 3.05) is 6.54 Å². The fourth-order valence-electron chi connectivity index (χ4n) is 3.35. The molecule has 1 saturated heterocycles. The van der Waals surface area contributed by atoms with Crippen molar-refractivity contribution < 1.29 is 4.79 Å². The molecule has 0 radical (unpaired) electrons. The van der Waals surface area contributed by atoms with Gasteiger partial charge in [-0.2, -0.15) is 5.10 Å². The molecule has 1 aliphatic rings. The number of nitrogens with two attached hydrogens (primary N) is 1. The highest BCUT2D eigenvalue weighted by Gasteiger charge is 2.28. The molecule has 2 unspecified atom stereocenters. The van der Waals surface area contributed by atoms with E-state index in [1.165, 1.54) is 0 Å². The van der Waals surface area contributed by atoms with Gasteiger partial charge in [0.05, 0.1) is 12.1 Å². The molecule has 2 atom stereocenters. The van der Waals surface area contributed by atoms with E-state index in [0.717, 1.165) is 42.9 Å². The van der Waals surface area contributed by atoms with Crippen LogP contribution in [-0.2, 0) is 17.8 Å². The topological polar surface area (TPSA) is 64.2 Å². The third-order valence-corrected chi connectivity index (χ3v) is 4.63. The van der Waals surface area contributed by atoms with Crippen molar-refractivity contribution in [2.45, 2.75) is 72.5 Å². The molecule has 2 N–H and O–H groups in total. The molecule has 5 heteroatoms. The van der Waals surface area contributed by atoms with E-state index < -0.39 is 0 Å². The second-order valence-electron chi connectivity index (χ2n) is 7.12. The van der Waals surface area contributed by atoms with Crippen LogP contribution in [0.3, 0.4) is 0 Å². The first-order chi connectivity index (χ1) is 10.3. The summed E-state index contributed by atoms with van der Waals surface area (Å²) in [7, 11) is 0. The van der Waals surface area contributed by atoms with Gasteiger partial charge in [0.25, 0.3) is 0 Å². The zero-order chi connectivity index (χ0) is 16.4. The van der Waals surface area contributed by atoms with E-state index in [-0.39, 0.29) is 18.0 Å². The average molecular weight is 306 g/mol. The SMILES string of the molecule is Cc1nn(CC(C)C)c(C)c1CC(=O)N1CCC(N)CC1C. The molecule has 0 aliphatic carbocycles. The van der Waals surface area contributed by atoms with E-state index in [9.17, 15) is 4.79 Å². The summed E-state index contributed by atoms with van der Waals surface area (Å²) in [4.78, 5) is 14.7. The van der Waals surface area contributed by atoms with Gasteiger partial charge in [0, 0.05) is 36.4 Å². The fourth-order valence-corrected chi connectivity index (χ4v) is 3.35. The lowest BCUT2D eigenvalue weighted by molar-refractivity contribution is -0.133. The second-order valence-corrected chi connectivity index (χ2v) is 7.12. The Hall–Kier alpha value is -1.36. The number of piperidine rings is 1. The Morgan fingerprint density at radius 1 is 1.41 bits per heavy atom. The van der Waals surface area contributed by atoms with Crippen molar-refractivity contribution >= 4 is 5.91 Å². The molecule has 1 amide bonds. The van der Waals surface area contributed by atoms with Crippen molar-refractivity contribution in [1.29, 1.82) is 0 Å². The quantitative estimate of drug-likeness (QED) is 0.926. The van der Waals surface area contributed by atoms with Crippen LogP contribution in [0.25, 0.3) is 0 Å². The Labute approximate surface area is 133 Å². The minimum atomic E-state index is 0.203. The third kappa shape index (κ3) is 3.69. The summed E-state index contributed by atoms with van der Waals surface area (Å²) >= 11 is 0. The zero-order valence-corrected chi connectivity index (χ0v) is 14.6. The van der Waals surface area contributed by atoms with Crippen LogP contribution in [-0.4, -0.2) is 39.2 Å². The standard InChI is InChI=1S/C17H30N4O/c1-11(2)10-21-14(5)16(13(4)19-21)9-17(22)20-7-6-15(18)8-12(20)3/h11-12,15H,6-10,18H2,1-5H3. The smallest absolute Gasteiger partial charge is 0.227 e. The number of hydrogen-bond donors (Lipinski definition) is 1. The van der Waals surface area contributed by atoms with E-state index in [0.29, 0.717) is 12.3 Å². The van der Waals surface area contributed by atoms with Gasteiger partial charge in [-0.3, -0.25) is 9.48 Å². The van der Waals surface area contributed by atoms with Crippen LogP contribution in [0.1, 0.15) is 50.6 Å². The summed E-state index contributed by atoms with van der Waals surface area (Å²) in [5.74, 6) is 0.750. The minimum absolute atomic E-state index is 0.203. The van der Waals surface area contributed by atoms with Gasteiger partial charge in [0.15, 0.2) is 0 Å². The van der Waals surface area contributed by atoms with E-state index >= 15 is 0 Å². The van der Waals surface area contributed by atoms with Crippen molar-refractivity contribution in [2.24, 2.45) is 11.7 Å². The van der Waals surface area contributed by atoms with E-state index in [4.69, 9.17) is 5.73 Å². The highest BCUT2D eigenvalue weighted by Crippen LogP contribution is 2.20. The largest absolute Gasteiger partial charge is 0.340 e. The molecule has 124 valence electrons. The van der Waals surface area contributed by atoms with Crippen molar-refractivity contribution in [3.63, 3.8) is 0 Å². The lowest BCUT2D eigenvalue weighted by Gasteiger charge is -2.36. The number of hydrogen-bond acceptors (Lipinski definition) is 3. The first kappa shape index (κ1) is 17.0. The fraction of sp³-hybridized carbons (Fsp3) is 0.765. The number of rotatable bonds is 4. The Kier molecular flexibility index (Phi) is 5.27. The summed E-state index contributed by atoms with van der Waals surface area (Å²) < 4.78 is 2.04. The maximum atomic E-state index is 12.7. The molecule has 5 nitrogen and oxygen atoms in total. The molecule has 1 fully saturated rings. The lowest BCUT2D eigenvalue weighted by atomic mass is 9.98. The Morgan fingerprint density at radius 3 is 2.68 bits per heavy atom. The lowest BCUT2D eigenvalue weighted by Crippen LogP contribution is -2.48. The third-order valence-electron chi connectivity index (χ3n) is 4.63. The second kappa shape index (κ2) is 6.82. The molecule has 2 heterocycles. The molecule has 22 heavy (non-hydrogen) atoms. The molecule has 1 aliphatic heterocycles. The van der Waals surface area contributed by atoms with Gasteiger partial charge in [0.2, 0.25) is 5.91 Å². The van der Waals surface area contributed by atoms with Crippen LogP contribution < -0.4 is 5.73 Å². The van der Waals surface area contributed by atoms with Gasteiger partial charge in [-0.1, -0.05) is 13.8 Å². The predicted octanol–water partition coefficient (Wildman–Crippen LogP) is 2.04. The van der Waals surface area contributed by atoms with Crippen LogP contribution in [0.15, 0.2) is 0 Å². The first-order valence-corrected chi connectivity index (χ1v) is 8.37. The monoisotopic (exact) mass is 306 g/mol. The average Bonchev–Trinajstić information content (AvgIpc) is 2.65. The van der Waals surface area contributed by atoms with Gasteiger partial charge in [-0.25, -0.2) is 0 Å². The number of aromatic nitrogens is 2. The van der Waals surface area contributed by atoms with Crippen LogP contribution in [0.5, 0.6) is 0 Å². The summed E-state index contributed by atoms with van der Waals surface area (Å²) in [5, 5.41) is 4.61. The van der Waals surface area contributed by atoms with E-state index in [1.807, 2.05) is 16.5 Å². The Balaban J connectivity index is 2.10. The number of amides is 1. The molecule has 2 rings (SSSR count). The number of carbonyl (C=O) groups excluding carboxylic acids is 1. The first-order valence-electron chi connectivity index (χ1n) is 8.37. The molecule has 1 aromatic heterocycles. The Morgan fingerprint density at radius 2 is 2.09 bits per heavy atom. The summed E-state index contributed by atoms with van der Waals surface area (Å²) in [6, 6.07) is 0.471. The molecule has 1 aromatic rings. The van der Waals surface area contributed by atoms with Gasteiger partial charge in [-0.05, 0) is 39.5 Å². The summed E-state index contributed by atoms with van der Waals surface area (Å²) in [6.45, 7) is 12.2. The molecular formula is C17H30N4O. The van der Waals surface area contributed by atoms with Gasteiger partial charge in [0.1, 0.15) is 0 Å². The van der Waals surface area contributed by atoms with Crippen molar-refractivity contribution in [3.05, 3.63) is 17.0 Å². The minimum Gasteiger partial charge on any atom is -0.340 e. The Bertz CT molecular complexity index is 535. The zero-order valence-electron chi connectivity index (χ0n) is 14.6. The highest BCUT2D eigenvalue weighted by molar-refractivity contribution is 5.79. The van der Waals surface area contributed by atoms with Crippen LogP contribution in [0.2, 0.25) is 0 Å². The van der Waals surface area contributed by atoms with Crippen LogP contribution in [0.4, 0.5) is 0 Å². The summed E-state index contributed by atoms with van der Waals surface area (Å²) in [5.41, 5.74) is 9.18. The maximum Gasteiger partial charge on any atom is 0.227 e. The number of likely N-dealkylation sites (tertiary alicyclic amines) is 1. The van der Waals surface area contributed by atoms with E-state index in [1.54, 1.807) is 0 Å². The molecular weight excluding hydrogens is 276 g/mol. The van der Waals surface area contributed by atoms with Crippen molar-refractivity contribution in [1.82, 2.24) is 14.7 Å². The van der Waals surface area contributed by atoms with Crippen LogP contribution in [0, 0.1) is 19.8 Å². The number of nitrogens with zero attached hydrogens (tertiary/aromatic N) is 3. The van der Waals surface area contributed by atoms with Crippen molar-refractivity contribution in [3.8, 4) is 0 Å². The number of aryl methyl sites for hydroxylation is 1. The highest BCUT2D eigenvalue weighted by atomic mass is 16.2. The normalized spacial score (nSPS) is 22.4. The van der Waals surface area contributed by atoms with Gasteiger partial charge in [-0.15, -0.1) is 0 Å². The molecule has 0 aromatic carbocycles. The number of carbonyl (C=O) groups is 1.